The Balaban J connectivity index is 1.54. The number of likely N-dealkylation sites (tertiary alicyclic amines) is 1. The van der Waals surface area contributed by atoms with E-state index in [0.29, 0.717) is 37.8 Å². The van der Waals surface area contributed by atoms with Crippen LogP contribution in [-0.4, -0.2) is 48.9 Å². The number of halogens is 4. The number of carbonyl (C=O) groups is 1. The molecule has 2 aromatic rings. The van der Waals surface area contributed by atoms with Crippen LogP contribution < -0.4 is 5.32 Å². The number of carboxylic acid groups (broad SMARTS) is 1. The Labute approximate surface area is 168 Å². The maximum atomic E-state index is 12.8. The molecule has 0 atom stereocenters. The smallest absolute Gasteiger partial charge is 0.420 e. The summed E-state index contributed by atoms with van der Waals surface area (Å²) < 4.78 is 40.3. The quantitative estimate of drug-likeness (QED) is 0.703. The lowest BCUT2D eigenvalue weighted by Crippen LogP contribution is -2.38. The fourth-order valence-corrected chi connectivity index (χ4v) is 3.64. The molecule has 0 spiro atoms. The summed E-state index contributed by atoms with van der Waals surface area (Å²) in [7, 11) is 0. The monoisotopic (exact) mass is 430 g/mol. The molecule has 156 valence electrons. The number of hydrogen-bond donors (Lipinski definition) is 2. The van der Waals surface area contributed by atoms with E-state index in [1.807, 2.05) is 0 Å². The van der Waals surface area contributed by atoms with Crippen LogP contribution in [-0.2, 0) is 6.18 Å². The highest BCUT2D eigenvalue weighted by molar-refractivity contribution is 6.30. The van der Waals surface area contributed by atoms with Gasteiger partial charge in [-0.05, 0) is 25.7 Å². The van der Waals surface area contributed by atoms with Crippen LogP contribution in [0.25, 0.3) is 0 Å². The van der Waals surface area contributed by atoms with Crippen LogP contribution in [0.3, 0.4) is 0 Å². The molecule has 29 heavy (non-hydrogen) atoms. The van der Waals surface area contributed by atoms with Crippen molar-refractivity contribution in [1.29, 1.82) is 0 Å². The van der Waals surface area contributed by atoms with E-state index in [0.717, 1.165) is 18.5 Å². The Bertz CT molecular complexity index is 922. The summed E-state index contributed by atoms with van der Waals surface area (Å²) in [5.74, 6) is 0.243. The number of piperidine rings is 1. The van der Waals surface area contributed by atoms with Crippen LogP contribution in [0, 0.1) is 0 Å². The molecule has 2 N–H and O–H groups in total. The third-order valence-corrected chi connectivity index (χ3v) is 5.42. The summed E-state index contributed by atoms with van der Waals surface area (Å²) in [6, 6.07) is 0.0516. The molecule has 12 heteroatoms. The van der Waals surface area contributed by atoms with Gasteiger partial charge in [-0.2, -0.15) is 18.3 Å². The molecule has 1 saturated carbocycles. The normalized spacial score (nSPS) is 18.1. The zero-order valence-electron chi connectivity index (χ0n) is 15.2. The summed E-state index contributed by atoms with van der Waals surface area (Å²) in [5.41, 5.74) is 0.349. The van der Waals surface area contributed by atoms with Crippen molar-refractivity contribution in [3.63, 3.8) is 0 Å². The summed E-state index contributed by atoms with van der Waals surface area (Å²) in [5, 5.41) is 16.0. The van der Waals surface area contributed by atoms with Gasteiger partial charge < -0.3 is 15.3 Å². The number of aromatic nitrogens is 4. The molecule has 0 aromatic carbocycles. The van der Waals surface area contributed by atoms with Crippen molar-refractivity contribution in [2.45, 2.75) is 43.8 Å². The van der Waals surface area contributed by atoms with Crippen molar-refractivity contribution in [3.05, 3.63) is 28.8 Å². The number of amides is 1. The van der Waals surface area contributed by atoms with Crippen molar-refractivity contribution < 1.29 is 23.1 Å². The van der Waals surface area contributed by atoms with Gasteiger partial charge in [-0.1, -0.05) is 11.6 Å². The van der Waals surface area contributed by atoms with Gasteiger partial charge in [-0.15, -0.1) is 0 Å². The van der Waals surface area contributed by atoms with E-state index in [2.05, 4.69) is 20.4 Å². The molecule has 1 aliphatic carbocycles. The van der Waals surface area contributed by atoms with Crippen LogP contribution in [0.5, 0.6) is 0 Å². The third-order valence-electron chi connectivity index (χ3n) is 5.13. The van der Waals surface area contributed by atoms with E-state index in [1.54, 1.807) is 10.9 Å². The number of nitrogens with one attached hydrogen (secondary N) is 1. The first kappa shape index (κ1) is 19.7. The van der Waals surface area contributed by atoms with Crippen molar-refractivity contribution >= 4 is 29.3 Å². The minimum absolute atomic E-state index is 0.0369. The molecule has 8 nitrogen and oxygen atoms in total. The average Bonchev–Trinajstić information content (AvgIpc) is 3.41. The third kappa shape index (κ3) is 4.24. The van der Waals surface area contributed by atoms with E-state index >= 15 is 0 Å². The largest absolute Gasteiger partial charge is 0.465 e. The summed E-state index contributed by atoms with van der Waals surface area (Å²) in [4.78, 5) is 19.9. The zero-order valence-corrected chi connectivity index (χ0v) is 15.9. The highest BCUT2D eigenvalue weighted by Gasteiger charge is 2.35. The molecular formula is C17H18ClF3N6O2. The summed E-state index contributed by atoms with van der Waals surface area (Å²) in [6.07, 6.45) is 0.131. The Morgan fingerprint density at radius 2 is 1.93 bits per heavy atom. The molecule has 1 amide bonds. The van der Waals surface area contributed by atoms with Crippen LogP contribution >= 0.6 is 11.6 Å². The molecule has 2 aromatic heterocycles. The molecule has 2 fully saturated rings. The number of rotatable bonds is 4. The molecule has 1 saturated heterocycles. The van der Waals surface area contributed by atoms with Gasteiger partial charge in [0.25, 0.3) is 0 Å². The van der Waals surface area contributed by atoms with Crippen molar-refractivity contribution in [2.75, 3.05) is 18.4 Å². The molecule has 0 radical (unpaired) electrons. The SMILES string of the molecule is O=C(O)N1CCC(n2cc(Nc3ncc(C(F)(F)F)c(Cl)n3)c(C3CC3)n2)CC1. The second-order valence-electron chi connectivity index (χ2n) is 7.20. The Hall–Kier alpha value is -2.56. The van der Waals surface area contributed by atoms with E-state index < -0.39 is 23.0 Å². The van der Waals surface area contributed by atoms with Crippen molar-refractivity contribution in [3.8, 4) is 0 Å². The first-order valence-electron chi connectivity index (χ1n) is 9.16. The first-order valence-corrected chi connectivity index (χ1v) is 9.54. The van der Waals surface area contributed by atoms with Gasteiger partial charge in [-0.3, -0.25) is 4.68 Å². The van der Waals surface area contributed by atoms with Gasteiger partial charge in [0.05, 0.1) is 17.4 Å². The Kier molecular flexibility index (Phi) is 5.01. The standard InChI is InChI=1S/C17H18ClF3N6O2/c18-14-11(17(19,20)21)7-22-15(24-14)23-12-8-27(25-13(12)9-1-2-9)10-3-5-26(6-4-10)16(28)29/h7-10H,1-6H2,(H,28,29)(H,22,23,24). The maximum Gasteiger partial charge on any atom is 0.420 e. The number of alkyl halides is 3. The van der Waals surface area contributed by atoms with Gasteiger partial charge in [0.2, 0.25) is 5.95 Å². The topological polar surface area (TPSA) is 96.2 Å². The highest BCUT2D eigenvalue weighted by atomic mass is 35.5. The Morgan fingerprint density at radius 1 is 1.24 bits per heavy atom. The molecular weight excluding hydrogens is 413 g/mol. The molecule has 0 bridgehead atoms. The van der Waals surface area contributed by atoms with Crippen LogP contribution in [0.1, 0.15) is 48.9 Å². The second-order valence-corrected chi connectivity index (χ2v) is 7.56. The predicted octanol–water partition coefficient (Wildman–Crippen LogP) is 4.28. The average molecular weight is 431 g/mol. The lowest BCUT2D eigenvalue weighted by atomic mass is 10.1. The lowest BCUT2D eigenvalue weighted by molar-refractivity contribution is -0.137. The fourth-order valence-electron chi connectivity index (χ4n) is 3.40. The van der Waals surface area contributed by atoms with Crippen LogP contribution in [0.4, 0.5) is 29.6 Å². The van der Waals surface area contributed by atoms with Crippen molar-refractivity contribution in [2.24, 2.45) is 0 Å². The fraction of sp³-hybridized carbons (Fsp3) is 0.529. The molecule has 2 aliphatic rings. The summed E-state index contributed by atoms with van der Waals surface area (Å²) in [6.45, 7) is 0.859. The number of nitrogens with zero attached hydrogens (tertiary/aromatic N) is 5. The van der Waals surface area contributed by atoms with Gasteiger partial charge in [0.15, 0.2) is 0 Å². The molecule has 1 aliphatic heterocycles. The van der Waals surface area contributed by atoms with E-state index in [-0.39, 0.29) is 17.9 Å². The first-order chi connectivity index (χ1) is 13.7. The highest BCUT2D eigenvalue weighted by Crippen LogP contribution is 2.44. The number of anilines is 2. The minimum atomic E-state index is -4.62. The minimum Gasteiger partial charge on any atom is -0.465 e. The zero-order chi connectivity index (χ0) is 20.8. The maximum absolute atomic E-state index is 12.8. The Morgan fingerprint density at radius 3 is 2.48 bits per heavy atom. The van der Waals surface area contributed by atoms with E-state index in [1.165, 1.54) is 4.90 Å². The lowest BCUT2D eigenvalue weighted by Gasteiger charge is -2.30. The molecule has 0 unspecified atom stereocenters. The van der Waals surface area contributed by atoms with Crippen molar-refractivity contribution in [1.82, 2.24) is 24.6 Å². The molecule has 3 heterocycles. The van der Waals surface area contributed by atoms with Crippen LogP contribution in [0.2, 0.25) is 5.15 Å². The van der Waals surface area contributed by atoms with Gasteiger partial charge in [0.1, 0.15) is 10.7 Å². The number of hydrogen-bond acceptors (Lipinski definition) is 5. The summed E-state index contributed by atoms with van der Waals surface area (Å²) >= 11 is 5.68. The van der Waals surface area contributed by atoms with Gasteiger partial charge in [-0.25, -0.2) is 14.8 Å². The van der Waals surface area contributed by atoms with Crippen LogP contribution in [0.15, 0.2) is 12.4 Å². The molecule has 4 rings (SSSR count). The second kappa shape index (κ2) is 7.36. The van der Waals surface area contributed by atoms with Gasteiger partial charge in [0, 0.05) is 31.4 Å². The predicted molar refractivity (Wildman–Crippen MR) is 97.4 cm³/mol. The van der Waals surface area contributed by atoms with Gasteiger partial charge >= 0.3 is 12.3 Å². The van der Waals surface area contributed by atoms with E-state index in [4.69, 9.17) is 16.7 Å². The van der Waals surface area contributed by atoms with E-state index in [9.17, 15) is 18.0 Å².